The van der Waals surface area contributed by atoms with E-state index in [2.05, 4.69) is 15.1 Å². The normalized spacial score (nSPS) is 14.1. The van der Waals surface area contributed by atoms with Gasteiger partial charge in [-0.05, 0) is 30.7 Å². The number of ether oxygens (including phenoxy) is 3. The van der Waals surface area contributed by atoms with E-state index in [1.165, 1.54) is 0 Å². The molecule has 1 aliphatic heterocycles. The molecule has 0 bridgehead atoms. The van der Waals surface area contributed by atoms with Crippen LogP contribution in [0.2, 0.25) is 0 Å². The number of aromatic nitrogens is 2. The Balaban J connectivity index is 1.44. The van der Waals surface area contributed by atoms with E-state index in [4.69, 9.17) is 14.2 Å². The fourth-order valence-corrected chi connectivity index (χ4v) is 2.91. The molecule has 0 unspecified atom stereocenters. The number of carbonyl (C=O) groups is 1. The van der Waals surface area contributed by atoms with Crippen molar-refractivity contribution in [2.24, 2.45) is 0 Å². The maximum Gasteiger partial charge on any atom is 0.260 e. The van der Waals surface area contributed by atoms with Gasteiger partial charge in [-0.3, -0.25) is 4.79 Å². The molecule has 1 amide bonds. The summed E-state index contributed by atoms with van der Waals surface area (Å²) in [6.45, 7) is 5.66. The first kappa shape index (κ1) is 19.9. The van der Waals surface area contributed by atoms with E-state index < -0.39 is 0 Å². The van der Waals surface area contributed by atoms with Crippen LogP contribution in [0.3, 0.4) is 0 Å². The van der Waals surface area contributed by atoms with E-state index in [1.54, 1.807) is 13.2 Å². The van der Waals surface area contributed by atoms with E-state index in [-0.39, 0.29) is 12.5 Å². The summed E-state index contributed by atoms with van der Waals surface area (Å²) in [6.07, 6.45) is 0. The van der Waals surface area contributed by atoms with Crippen molar-refractivity contribution in [3.63, 3.8) is 0 Å². The molecular formula is C20H26N4O4. The summed E-state index contributed by atoms with van der Waals surface area (Å²) in [4.78, 5) is 16.3. The lowest BCUT2D eigenvalue weighted by Crippen LogP contribution is -2.50. The van der Waals surface area contributed by atoms with Crippen LogP contribution in [0.4, 0.5) is 5.82 Å². The topological polar surface area (TPSA) is 77.0 Å². The first-order valence-electron chi connectivity index (χ1n) is 9.33. The highest BCUT2D eigenvalue weighted by molar-refractivity contribution is 5.78. The zero-order valence-corrected chi connectivity index (χ0v) is 16.3. The highest BCUT2D eigenvalue weighted by Gasteiger charge is 2.22. The van der Waals surface area contributed by atoms with Gasteiger partial charge in [0, 0.05) is 39.4 Å². The smallest absolute Gasteiger partial charge is 0.260 e. The van der Waals surface area contributed by atoms with Gasteiger partial charge in [0.15, 0.2) is 12.4 Å². The zero-order valence-electron chi connectivity index (χ0n) is 16.3. The number of anilines is 1. The number of hydrogen-bond acceptors (Lipinski definition) is 7. The molecule has 0 aliphatic carbocycles. The van der Waals surface area contributed by atoms with Gasteiger partial charge in [0.05, 0.1) is 6.61 Å². The van der Waals surface area contributed by atoms with Crippen molar-refractivity contribution in [2.75, 3.05) is 58.0 Å². The molecule has 0 N–H and O–H groups in total. The van der Waals surface area contributed by atoms with E-state index in [9.17, 15) is 4.79 Å². The van der Waals surface area contributed by atoms with Gasteiger partial charge in [0.1, 0.15) is 12.4 Å². The lowest BCUT2D eigenvalue weighted by molar-refractivity contribution is -0.133. The molecule has 0 saturated carbocycles. The zero-order chi connectivity index (χ0) is 19.8. The van der Waals surface area contributed by atoms with Gasteiger partial charge in [-0.25, -0.2) is 0 Å². The Morgan fingerprint density at radius 2 is 1.86 bits per heavy atom. The molecule has 1 saturated heterocycles. The highest BCUT2D eigenvalue weighted by atomic mass is 16.5. The van der Waals surface area contributed by atoms with Gasteiger partial charge in [-0.15, -0.1) is 10.2 Å². The molecular weight excluding hydrogens is 360 g/mol. The average molecular weight is 386 g/mol. The maximum atomic E-state index is 12.4. The first-order valence-corrected chi connectivity index (χ1v) is 9.33. The highest BCUT2D eigenvalue weighted by Crippen LogP contribution is 2.16. The van der Waals surface area contributed by atoms with Gasteiger partial charge >= 0.3 is 0 Å². The number of carbonyl (C=O) groups excluding carboxylic acids is 1. The van der Waals surface area contributed by atoms with Crippen LogP contribution in [-0.4, -0.2) is 74.1 Å². The second-order valence-corrected chi connectivity index (χ2v) is 6.54. The fourth-order valence-electron chi connectivity index (χ4n) is 2.91. The third-order valence-electron chi connectivity index (χ3n) is 4.47. The van der Waals surface area contributed by atoms with Crippen LogP contribution in [0, 0.1) is 6.92 Å². The summed E-state index contributed by atoms with van der Waals surface area (Å²) in [5.74, 6) is 1.97. The second-order valence-electron chi connectivity index (χ2n) is 6.54. The van der Waals surface area contributed by atoms with Crippen molar-refractivity contribution in [2.45, 2.75) is 6.92 Å². The van der Waals surface area contributed by atoms with Crippen LogP contribution in [0.1, 0.15) is 5.56 Å². The quantitative estimate of drug-likeness (QED) is 0.637. The van der Waals surface area contributed by atoms with Crippen LogP contribution >= 0.6 is 0 Å². The molecule has 8 heteroatoms. The maximum absolute atomic E-state index is 12.4. The van der Waals surface area contributed by atoms with Crippen molar-refractivity contribution in [1.29, 1.82) is 0 Å². The monoisotopic (exact) mass is 386 g/mol. The van der Waals surface area contributed by atoms with Crippen LogP contribution in [0.15, 0.2) is 36.4 Å². The largest absolute Gasteiger partial charge is 0.484 e. The molecule has 150 valence electrons. The summed E-state index contributed by atoms with van der Waals surface area (Å²) in [7, 11) is 1.62. The van der Waals surface area contributed by atoms with Gasteiger partial charge in [0.25, 0.3) is 5.91 Å². The Labute approximate surface area is 165 Å². The van der Waals surface area contributed by atoms with Gasteiger partial charge in [-0.1, -0.05) is 12.1 Å². The molecule has 0 spiro atoms. The molecule has 0 radical (unpaired) electrons. The summed E-state index contributed by atoms with van der Waals surface area (Å²) < 4.78 is 16.0. The first-order chi connectivity index (χ1) is 13.7. The molecule has 2 heterocycles. The number of nitrogens with zero attached hydrogens (tertiary/aromatic N) is 4. The third-order valence-corrected chi connectivity index (χ3v) is 4.47. The lowest BCUT2D eigenvalue weighted by Gasteiger charge is -2.35. The molecule has 2 aromatic rings. The molecule has 1 aromatic heterocycles. The Morgan fingerprint density at radius 1 is 1.04 bits per heavy atom. The molecule has 1 aliphatic rings. The van der Waals surface area contributed by atoms with Crippen molar-refractivity contribution in [3.05, 3.63) is 42.0 Å². The number of benzene rings is 1. The number of methoxy groups -OCH3 is 1. The van der Waals surface area contributed by atoms with Gasteiger partial charge in [-0.2, -0.15) is 0 Å². The van der Waals surface area contributed by atoms with Crippen molar-refractivity contribution < 1.29 is 19.0 Å². The SMILES string of the molecule is COCCOc1ccc(N2CCN(C(=O)COc3cccc(C)c3)CC2)nn1. The van der Waals surface area contributed by atoms with Gasteiger partial charge < -0.3 is 24.0 Å². The number of amides is 1. The van der Waals surface area contributed by atoms with Crippen LogP contribution < -0.4 is 14.4 Å². The van der Waals surface area contributed by atoms with E-state index in [0.29, 0.717) is 45.3 Å². The predicted molar refractivity (Wildman–Crippen MR) is 105 cm³/mol. The molecule has 1 fully saturated rings. The molecule has 0 atom stereocenters. The third kappa shape index (κ3) is 5.56. The standard InChI is InChI=1S/C20H26N4O4/c1-16-4-3-5-17(14-16)28-15-20(25)24-10-8-23(9-11-24)18-6-7-19(22-21-18)27-13-12-26-2/h3-7,14H,8-13,15H2,1-2H3. The van der Waals surface area contributed by atoms with Crippen LogP contribution in [0.25, 0.3) is 0 Å². The minimum absolute atomic E-state index is 0.00543. The molecule has 1 aromatic carbocycles. The minimum Gasteiger partial charge on any atom is -0.484 e. The number of rotatable bonds is 8. The Bertz CT molecular complexity index is 761. The van der Waals surface area contributed by atoms with Crippen LogP contribution in [-0.2, 0) is 9.53 Å². The fraction of sp³-hybridized carbons (Fsp3) is 0.450. The summed E-state index contributed by atoms with van der Waals surface area (Å²) in [6, 6.07) is 11.4. The number of piperazine rings is 1. The summed E-state index contributed by atoms with van der Waals surface area (Å²) in [5, 5.41) is 8.30. The van der Waals surface area contributed by atoms with Crippen molar-refractivity contribution in [3.8, 4) is 11.6 Å². The van der Waals surface area contributed by atoms with E-state index >= 15 is 0 Å². The minimum atomic E-state index is -0.00543. The lowest BCUT2D eigenvalue weighted by atomic mass is 10.2. The summed E-state index contributed by atoms with van der Waals surface area (Å²) >= 11 is 0. The Kier molecular flexibility index (Phi) is 7.02. The van der Waals surface area contributed by atoms with Crippen molar-refractivity contribution >= 4 is 11.7 Å². The summed E-state index contributed by atoms with van der Waals surface area (Å²) in [5.41, 5.74) is 1.11. The molecule has 8 nitrogen and oxygen atoms in total. The Hall–Kier alpha value is -2.87. The number of hydrogen-bond donors (Lipinski definition) is 0. The predicted octanol–water partition coefficient (Wildman–Crippen LogP) is 1.54. The molecule has 28 heavy (non-hydrogen) atoms. The Morgan fingerprint density at radius 3 is 2.54 bits per heavy atom. The van der Waals surface area contributed by atoms with E-state index in [1.807, 2.05) is 42.2 Å². The van der Waals surface area contributed by atoms with Crippen LogP contribution in [0.5, 0.6) is 11.6 Å². The average Bonchev–Trinajstić information content (AvgIpc) is 2.73. The van der Waals surface area contributed by atoms with Crippen molar-refractivity contribution in [1.82, 2.24) is 15.1 Å². The molecule has 3 rings (SSSR count). The number of aryl methyl sites for hydroxylation is 1. The van der Waals surface area contributed by atoms with E-state index in [0.717, 1.165) is 17.1 Å². The second kappa shape index (κ2) is 9.89. The van der Waals surface area contributed by atoms with Gasteiger partial charge in [0.2, 0.25) is 5.88 Å².